The molecule has 0 radical (unpaired) electrons. The van der Waals surface area contributed by atoms with Crippen LogP contribution in [0.2, 0.25) is 0 Å². The summed E-state index contributed by atoms with van der Waals surface area (Å²) in [4.78, 5) is 0. The van der Waals surface area contributed by atoms with E-state index in [1.54, 1.807) is 37.4 Å². The lowest BCUT2D eigenvalue weighted by atomic mass is 10.1. The lowest BCUT2D eigenvalue weighted by molar-refractivity contribution is 0.304. The highest BCUT2D eigenvalue weighted by atomic mass is 19.1. The molecule has 4 heteroatoms. The van der Waals surface area contributed by atoms with Crippen LogP contribution in [0.1, 0.15) is 29.7 Å². The van der Waals surface area contributed by atoms with Crippen LogP contribution in [0.15, 0.2) is 42.5 Å². The van der Waals surface area contributed by atoms with E-state index >= 15 is 0 Å². The van der Waals surface area contributed by atoms with Gasteiger partial charge < -0.3 is 10.1 Å². The highest BCUT2D eigenvalue weighted by Crippen LogP contribution is 2.22. The summed E-state index contributed by atoms with van der Waals surface area (Å²) in [6, 6.07) is 14.0. The average Bonchev–Trinajstić information content (AvgIpc) is 2.52. The number of benzene rings is 2. The van der Waals surface area contributed by atoms with Gasteiger partial charge in [0.2, 0.25) is 0 Å². The maximum Gasteiger partial charge on any atom is 0.131 e. The molecule has 2 rings (SSSR count). The van der Waals surface area contributed by atoms with E-state index in [9.17, 15) is 4.39 Å². The van der Waals surface area contributed by atoms with E-state index in [4.69, 9.17) is 10.00 Å². The van der Waals surface area contributed by atoms with Crippen molar-refractivity contribution in [3.05, 3.63) is 65.0 Å². The van der Waals surface area contributed by atoms with Crippen LogP contribution in [0.4, 0.5) is 4.39 Å². The van der Waals surface area contributed by atoms with Gasteiger partial charge in [0.25, 0.3) is 0 Å². The van der Waals surface area contributed by atoms with Crippen LogP contribution in [0.5, 0.6) is 5.75 Å². The van der Waals surface area contributed by atoms with Crippen molar-refractivity contribution in [1.29, 1.82) is 5.26 Å². The van der Waals surface area contributed by atoms with E-state index in [0.717, 1.165) is 5.56 Å². The predicted octanol–water partition coefficient (Wildman–Crippen LogP) is 3.56. The van der Waals surface area contributed by atoms with Crippen molar-refractivity contribution in [2.45, 2.75) is 19.6 Å². The molecule has 0 saturated carbocycles. The van der Waals surface area contributed by atoms with Crippen molar-refractivity contribution in [2.24, 2.45) is 0 Å². The zero-order valence-corrected chi connectivity index (χ0v) is 12.1. The maximum absolute atomic E-state index is 14.0. The summed E-state index contributed by atoms with van der Waals surface area (Å²) in [5.74, 6) is 0.182. The predicted molar refractivity (Wildman–Crippen MR) is 79.4 cm³/mol. The van der Waals surface area contributed by atoms with Crippen LogP contribution >= 0.6 is 0 Å². The Bertz CT molecular complexity index is 664. The molecular formula is C17H17FN2O. The summed E-state index contributed by atoms with van der Waals surface area (Å²) < 4.78 is 19.5. The van der Waals surface area contributed by atoms with Gasteiger partial charge in [0, 0.05) is 17.7 Å². The van der Waals surface area contributed by atoms with Crippen molar-refractivity contribution >= 4 is 0 Å². The number of hydrogen-bond acceptors (Lipinski definition) is 3. The van der Waals surface area contributed by atoms with Gasteiger partial charge in [-0.3, -0.25) is 0 Å². The van der Waals surface area contributed by atoms with Crippen LogP contribution < -0.4 is 10.1 Å². The third-order valence-corrected chi connectivity index (χ3v) is 3.33. The number of nitrogens with one attached hydrogen (secondary N) is 1. The fourth-order valence-corrected chi connectivity index (χ4v) is 2.00. The molecule has 1 unspecified atom stereocenters. The SMILES string of the molecule is CNC(C)c1ccc(OCc2cccc(C#N)c2)cc1F. The fourth-order valence-electron chi connectivity index (χ4n) is 2.00. The van der Waals surface area contributed by atoms with E-state index in [-0.39, 0.29) is 11.9 Å². The molecule has 0 bridgehead atoms. The molecule has 0 spiro atoms. The van der Waals surface area contributed by atoms with Crippen LogP contribution in [0, 0.1) is 17.1 Å². The lowest BCUT2D eigenvalue weighted by Gasteiger charge is -2.13. The second-order valence-corrected chi connectivity index (χ2v) is 4.79. The molecule has 2 aromatic rings. The topological polar surface area (TPSA) is 45.0 Å². The number of rotatable bonds is 5. The first-order valence-corrected chi connectivity index (χ1v) is 6.72. The molecule has 0 aliphatic carbocycles. The second-order valence-electron chi connectivity index (χ2n) is 4.79. The number of halogens is 1. The van der Waals surface area contributed by atoms with Gasteiger partial charge in [-0.1, -0.05) is 18.2 Å². The van der Waals surface area contributed by atoms with Crippen molar-refractivity contribution in [3.63, 3.8) is 0 Å². The summed E-state index contributed by atoms with van der Waals surface area (Å²) in [7, 11) is 1.79. The van der Waals surface area contributed by atoms with Gasteiger partial charge >= 0.3 is 0 Å². The smallest absolute Gasteiger partial charge is 0.131 e. The zero-order valence-electron chi connectivity index (χ0n) is 12.1. The number of ether oxygens (including phenoxy) is 1. The van der Waals surface area contributed by atoms with Crippen LogP contribution in [0.3, 0.4) is 0 Å². The molecule has 0 amide bonds. The van der Waals surface area contributed by atoms with E-state index in [2.05, 4.69) is 11.4 Å². The highest BCUT2D eigenvalue weighted by Gasteiger charge is 2.10. The van der Waals surface area contributed by atoms with Gasteiger partial charge in [-0.2, -0.15) is 5.26 Å². The number of nitrogens with zero attached hydrogens (tertiary/aromatic N) is 1. The molecule has 0 aromatic heterocycles. The molecule has 1 N–H and O–H groups in total. The lowest BCUT2D eigenvalue weighted by Crippen LogP contribution is -2.13. The summed E-state index contributed by atoms with van der Waals surface area (Å²) in [5.41, 5.74) is 2.07. The van der Waals surface area contributed by atoms with Crippen molar-refractivity contribution in [1.82, 2.24) is 5.32 Å². The molecule has 0 fully saturated rings. The summed E-state index contributed by atoms with van der Waals surface area (Å²) in [5, 5.41) is 11.8. The molecule has 0 aliphatic heterocycles. The van der Waals surface area contributed by atoms with Crippen LogP contribution in [-0.4, -0.2) is 7.05 Å². The molecule has 108 valence electrons. The number of hydrogen-bond donors (Lipinski definition) is 1. The van der Waals surface area contributed by atoms with Gasteiger partial charge in [0.05, 0.1) is 11.6 Å². The fraction of sp³-hybridized carbons (Fsp3) is 0.235. The Hall–Kier alpha value is -2.38. The standard InChI is InChI=1S/C17H17FN2O/c1-12(20-2)16-7-6-15(9-17(16)18)21-11-14-5-3-4-13(8-14)10-19/h3-9,12,20H,11H2,1-2H3. The van der Waals surface area contributed by atoms with Crippen molar-refractivity contribution < 1.29 is 9.13 Å². The van der Waals surface area contributed by atoms with E-state index in [0.29, 0.717) is 23.5 Å². The third kappa shape index (κ3) is 3.80. The highest BCUT2D eigenvalue weighted by molar-refractivity contribution is 5.34. The molecular weight excluding hydrogens is 267 g/mol. The first-order chi connectivity index (χ1) is 10.1. The maximum atomic E-state index is 14.0. The monoisotopic (exact) mass is 284 g/mol. The first kappa shape index (κ1) is 15.0. The Kier molecular flexibility index (Phi) is 4.91. The molecule has 2 aromatic carbocycles. The number of nitriles is 1. The molecule has 0 saturated heterocycles. The van der Waals surface area contributed by atoms with Gasteiger partial charge in [0.15, 0.2) is 0 Å². The summed E-state index contributed by atoms with van der Waals surface area (Å²) >= 11 is 0. The normalized spacial score (nSPS) is 11.7. The zero-order chi connectivity index (χ0) is 15.2. The van der Waals surface area contributed by atoms with Gasteiger partial charge in [-0.15, -0.1) is 0 Å². The summed E-state index contributed by atoms with van der Waals surface area (Å²) in [6.45, 7) is 2.20. The second kappa shape index (κ2) is 6.87. The van der Waals surface area contributed by atoms with Crippen LogP contribution in [0.25, 0.3) is 0 Å². The average molecular weight is 284 g/mol. The molecule has 0 aliphatic rings. The minimum absolute atomic E-state index is 0.0497. The Balaban J connectivity index is 2.07. The molecule has 1 atom stereocenters. The van der Waals surface area contributed by atoms with Crippen molar-refractivity contribution in [3.8, 4) is 11.8 Å². The van der Waals surface area contributed by atoms with Crippen LogP contribution in [-0.2, 0) is 6.61 Å². The molecule has 21 heavy (non-hydrogen) atoms. The van der Waals surface area contributed by atoms with E-state index in [1.807, 2.05) is 13.0 Å². The largest absolute Gasteiger partial charge is 0.489 e. The van der Waals surface area contributed by atoms with E-state index in [1.165, 1.54) is 6.07 Å². The van der Waals surface area contributed by atoms with Crippen molar-refractivity contribution in [2.75, 3.05) is 7.05 Å². The Morgan fingerprint density at radius 2 is 2.10 bits per heavy atom. The quantitative estimate of drug-likeness (QED) is 0.913. The first-order valence-electron chi connectivity index (χ1n) is 6.72. The Morgan fingerprint density at radius 3 is 2.76 bits per heavy atom. The minimum atomic E-state index is -0.292. The Labute approximate surface area is 124 Å². The molecule has 0 heterocycles. The molecule has 3 nitrogen and oxygen atoms in total. The third-order valence-electron chi connectivity index (χ3n) is 3.33. The summed E-state index contributed by atoms with van der Waals surface area (Å²) in [6.07, 6.45) is 0. The Morgan fingerprint density at radius 1 is 1.29 bits per heavy atom. The van der Waals surface area contributed by atoms with E-state index < -0.39 is 0 Å². The van der Waals surface area contributed by atoms with Gasteiger partial charge in [0.1, 0.15) is 18.2 Å². The minimum Gasteiger partial charge on any atom is -0.489 e. The van der Waals surface area contributed by atoms with Gasteiger partial charge in [-0.25, -0.2) is 4.39 Å². The van der Waals surface area contributed by atoms with Gasteiger partial charge in [-0.05, 0) is 37.7 Å².